The van der Waals surface area contributed by atoms with Crippen LogP contribution in [0.2, 0.25) is 0 Å². The minimum absolute atomic E-state index is 0.0119. The molecule has 19 nitrogen and oxygen atoms in total. The van der Waals surface area contributed by atoms with Crippen LogP contribution in [0.5, 0.6) is 0 Å². The van der Waals surface area contributed by atoms with Crippen LogP contribution in [0.3, 0.4) is 0 Å². The number of benzene rings is 2. The summed E-state index contributed by atoms with van der Waals surface area (Å²) in [5.74, 6) is -5.29. The first-order chi connectivity index (χ1) is 36.4. The fourth-order valence-electron chi connectivity index (χ4n) is 10.7. The first-order valence-electron chi connectivity index (χ1n) is 26.0. The molecule has 2 aromatic heterocycles. The SMILES string of the molecule is CC[C@@]1(O)C(=O)OCc2c1cc1n(c2=O)Cc2c-1nc1cc(F)c(C)c3c1c2[C@@H](NC(=O)COCCC(=O)CNC(=O)[C@@H](CC(=O)CNC(=O)CCC(=O)CCCCCN1C(=O)CC(C)C1=O)Cc1ccccc1)CC3. The number of hydrogen-bond donors (Lipinski definition) is 4. The third-order valence-electron chi connectivity index (χ3n) is 15.0. The number of carbonyl (C=O) groups excluding carboxylic acids is 9. The lowest BCUT2D eigenvalue weighted by Crippen LogP contribution is -2.44. The molecular formula is C56H63FN6O13. The predicted molar refractivity (Wildman–Crippen MR) is 271 cm³/mol. The Kier molecular flexibility index (Phi) is 17.1. The van der Waals surface area contributed by atoms with Gasteiger partial charge in [-0.3, -0.25) is 48.1 Å². The Hall–Kier alpha value is -7.32. The molecule has 1 fully saturated rings. The molecule has 402 valence electrons. The van der Waals surface area contributed by atoms with Crippen molar-refractivity contribution in [2.75, 3.05) is 32.8 Å². The van der Waals surface area contributed by atoms with Gasteiger partial charge in [-0.15, -0.1) is 0 Å². The summed E-state index contributed by atoms with van der Waals surface area (Å²) in [5, 5.41) is 20.2. The van der Waals surface area contributed by atoms with E-state index in [-0.39, 0.29) is 119 Å². The number of amides is 5. The van der Waals surface area contributed by atoms with E-state index in [2.05, 4.69) is 16.0 Å². The first kappa shape index (κ1) is 54.9. The van der Waals surface area contributed by atoms with Crippen LogP contribution in [0.15, 0.2) is 47.3 Å². The minimum Gasteiger partial charge on any atom is -0.458 e. The first-order valence-corrected chi connectivity index (χ1v) is 26.0. The highest BCUT2D eigenvalue weighted by atomic mass is 19.1. The average Bonchev–Trinajstić information content (AvgIpc) is 3.97. The van der Waals surface area contributed by atoms with Crippen molar-refractivity contribution in [3.63, 3.8) is 0 Å². The largest absolute Gasteiger partial charge is 0.458 e. The number of hydrogen-bond acceptors (Lipinski definition) is 14. The van der Waals surface area contributed by atoms with E-state index in [1.165, 1.54) is 15.5 Å². The molecule has 0 spiro atoms. The maximum atomic E-state index is 15.4. The van der Waals surface area contributed by atoms with Crippen molar-refractivity contribution in [1.82, 2.24) is 30.4 Å². The Morgan fingerprint density at radius 2 is 1.67 bits per heavy atom. The third kappa shape index (κ3) is 11.9. The molecule has 4 atom stereocenters. The predicted octanol–water partition coefficient (Wildman–Crippen LogP) is 3.96. The van der Waals surface area contributed by atoms with Crippen molar-refractivity contribution in [2.24, 2.45) is 11.8 Å². The number of ether oxygens (including phenoxy) is 2. The van der Waals surface area contributed by atoms with Crippen LogP contribution in [-0.4, -0.2) is 105 Å². The lowest BCUT2D eigenvalue weighted by molar-refractivity contribution is -0.172. The number of esters is 1. The fraction of sp³-hybridized carbons (Fsp3) is 0.482. The number of ketones is 3. The summed E-state index contributed by atoms with van der Waals surface area (Å²) in [5.41, 5.74) is 2.09. The van der Waals surface area contributed by atoms with Gasteiger partial charge in [0.1, 0.15) is 24.8 Å². The second-order valence-corrected chi connectivity index (χ2v) is 20.3. The molecule has 5 amide bonds. The number of nitrogens with zero attached hydrogens (tertiary/aromatic N) is 3. The number of Topliss-reactive ketones (excluding diaryl/α,β-unsaturated/α-hetero) is 3. The summed E-state index contributed by atoms with van der Waals surface area (Å²) < 4.78 is 27.7. The van der Waals surface area contributed by atoms with Gasteiger partial charge in [0, 0.05) is 79.5 Å². The molecule has 4 aromatic rings. The van der Waals surface area contributed by atoms with Gasteiger partial charge in [0.2, 0.25) is 29.5 Å². The van der Waals surface area contributed by atoms with Crippen LogP contribution in [0, 0.1) is 24.6 Å². The van der Waals surface area contributed by atoms with Gasteiger partial charge in [0.15, 0.2) is 17.2 Å². The summed E-state index contributed by atoms with van der Waals surface area (Å²) in [6, 6.07) is 11.3. The van der Waals surface area contributed by atoms with E-state index >= 15 is 4.39 Å². The molecule has 4 aliphatic rings. The maximum absolute atomic E-state index is 15.4. The second-order valence-electron chi connectivity index (χ2n) is 20.3. The highest BCUT2D eigenvalue weighted by Crippen LogP contribution is 2.46. The van der Waals surface area contributed by atoms with Crippen molar-refractivity contribution < 1.29 is 62.1 Å². The average molecular weight is 1050 g/mol. The van der Waals surface area contributed by atoms with Gasteiger partial charge in [-0.25, -0.2) is 14.2 Å². The summed E-state index contributed by atoms with van der Waals surface area (Å²) in [7, 11) is 0. The van der Waals surface area contributed by atoms with Crippen LogP contribution < -0.4 is 21.5 Å². The molecule has 5 heterocycles. The fourth-order valence-corrected chi connectivity index (χ4v) is 10.7. The zero-order chi connectivity index (χ0) is 54.4. The number of cyclic esters (lactones) is 1. The van der Waals surface area contributed by atoms with Crippen molar-refractivity contribution >= 4 is 63.8 Å². The van der Waals surface area contributed by atoms with Gasteiger partial charge in [0.05, 0.1) is 54.8 Å². The summed E-state index contributed by atoms with van der Waals surface area (Å²) >= 11 is 0. The minimum atomic E-state index is -2.04. The Bertz CT molecular complexity index is 3080. The van der Waals surface area contributed by atoms with E-state index in [0.29, 0.717) is 77.6 Å². The standard InChI is InChI=1S/C56H63FN6O13/c1-4-56(74)41-24-45-51-39(28-63(45)54(72)40(41)29-76-55(56)73)50-43(16-15-38-32(3)42(57)25-44(61-51)49(38)50)60-47(68)30-75-20-18-36(65)26-59-52(70)34(22-33-11-7-5-8-12-33)23-37(66)27-58-46(67)17-14-35(64)13-9-6-10-19-62-48(69)21-31(2)53(62)71/h5,7-8,11-12,24-25,31,34,43,74H,4,6,9-10,13-23,26-30H2,1-3H3,(H,58,67)(H,59,70)(H,60,68)/t31?,34-,43+,56+/m1/s1. The lowest BCUT2D eigenvalue weighted by atomic mass is 9.81. The van der Waals surface area contributed by atoms with E-state index in [1.807, 2.05) is 6.07 Å². The molecule has 8 rings (SSSR count). The third-order valence-corrected chi connectivity index (χ3v) is 15.0. The molecule has 20 heteroatoms. The van der Waals surface area contributed by atoms with E-state index in [4.69, 9.17) is 14.5 Å². The van der Waals surface area contributed by atoms with Gasteiger partial charge in [0.25, 0.3) is 5.56 Å². The van der Waals surface area contributed by atoms with Gasteiger partial charge in [-0.1, -0.05) is 50.6 Å². The molecule has 76 heavy (non-hydrogen) atoms. The highest BCUT2D eigenvalue weighted by Gasteiger charge is 2.46. The Balaban J connectivity index is 0.800. The van der Waals surface area contributed by atoms with Gasteiger partial charge >= 0.3 is 5.97 Å². The number of aryl methyl sites for hydroxylation is 1. The quantitative estimate of drug-likeness (QED) is 0.0366. The summed E-state index contributed by atoms with van der Waals surface area (Å²) in [4.78, 5) is 135. The molecule has 1 aliphatic carbocycles. The number of nitrogens with one attached hydrogen (secondary N) is 3. The number of unbranched alkanes of at least 4 members (excludes halogenated alkanes) is 2. The molecule has 1 unspecified atom stereocenters. The number of fused-ring (bicyclic) bond motifs is 5. The van der Waals surface area contributed by atoms with E-state index in [1.54, 1.807) is 51.1 Å². The molecule has 4 N–H and O–H groups in total. The maximum Gasteiger partial charge on any atom is 0.343 e. The molecule has 0 bridgehead atoms. The second kappa shape index (κ2) is 23.7. The van der Waals surface area contributed by atoms with Crippen LogP contribution in [0.1, 0.15) is 129 Å². The number of imide groups is 1. The van der Waals surface area contributed by atoms with E-state index < -0.39 is 70.8 Å². The van der Waals surface area contributed by atoms with Crippen LogP contribution in [-0.2, 0) is 84.2 Å². The topological polar surface area (TPSA) is 267 Å². The van der Waals surface area contributed by atoms with Crippen molar-refractivity contribution in [1.29, 1.82) is 0 Å². The zero-order valence-corrected chi connectivity index (χ0v) is 43.0. The Labute approximate surface area is 437 Å². The zero-order valence-electron chi connectivity index (χ0n) is 43.0. The molecule has 0 saturated carbocycles. The van der Waals surface area contributed by atoms with Crippen LogP contribution >= 0.6 is 0 Å². The number of carbonyl (C=O) groups is 9. The summed E-state index contributed by atoms with van der Waals surface area (Å²) in [6.45, 7) is 3.82. The van der Waals surface area contributed by atoms with E-state index in [9.17, 15) is 53.1 Å². The number of rotatable bonds is 25. The number of aliphatic hydroxyl groups is 1. The van der Waals surface area contributed by atoms with Crippen molar-refractivity contribution in [3.8, 4) is 11.4 Å². The van der Waals surface area contributed by atoms with E-state index in [0.717, 1.165) is 11.1 Å². The summed E-state index contributed by atoms with van der Waals surface area (Å²) in [6.07, 6.45) is 2.71. The molecule has 3 aliphatic heterocycles. The van der Waals surface area contributed by atoms with Gasteiger partial charge in [-0.05, 0) is 73.8 Å². The molecular weight excluding hydrogens is 984 g/mol. The number of pyridine rings is 2. The molecule has 1 saturated heterocycles. The lowest BCUT2D eigenvalue weighted by Gasteiger charge is -2.31. The van der Waals surface area contributed by atoms with Gasteiger partial charge < -0.3 is 35.1 Å². The highest BCUT2D eigenvalue weighted by molar-refractivity contribution is 6.03. The number of aromatic nitrogens is 2. The van der Waals surface area contributed by atoms with Crippen molar-refractivity contribution in [2.45, 2.75) is 129 Å². The smallest absolute Gasteiger partial charge is 0.343 e. The molecule has 0 radical (unpaired) electrons. The van der Waals surface area contributed by atoms with Crippen LogP contribution in [0.4, 0.5) is 4.39 Å². The Morgan fingerprint density at radius 3 is 2.41 bits per heavy atom. The Morgan fingerprint density at radius 1 is 0.908 bits per heavy atom. The number of likely N-dealkylation sites (tertiary alicyclic amines) is 1. The normalized spacial score (nSPS) is 18.6. The molecule has 2 aromatic carbocycles. The monoisotopic (exact) mass is 1050 g/mol. The number of halogens is 1. The van der Waals surface area contributed by atoms with Gasteiger partial charge in [-0.2, -0.15) is 0 Å². The van der Waals surface area contributed by atoms with Crippen molar-refractivity contribution in [3.05, 3.63) is 97.6 Å². The van der Waals surface area contributed by atoms with Crippen LogP contribution in [0.25, 0.3) is 22.3 Å².